The van der Waals surface area contributed by atoms with E-state index in [0.29, 0.717) is 41.1 Å². The number of rotatable bonds is 11. The van der Waals surface area contributed by atoms with Crippen LogP contribution in [-0.2, 0) is 9.59 Å². The molecule has 3 aliphatic heterocycles. The number of amides is 4. The Bertz CT molecular complexity index is 2340. The summed E-state index contributed by atoms with van der Waals surface area (Å²) < 4.78 is 25.0. The van der Waals surface area contributed by atoms with Crippen LogP contribution in [0.3, 0.4) is 0 Å². The molecule has 3 saturated heterocycles. The van der Waals surface area contributed by atoms with E-state index in [9.17, 15) is 19.2 Å². The fourth-order valence-electron chi connectivity index (χ4n) is 8.20. The van der Waals surface area contributed by atoms with Crippen LogP contribution in [-0.4, -0.2) is 98.3 Å². The summed E-state index contributed by atoms with van der Waals surface area (Å²) in [5, 5.41) is 18.0. The first-order valence-electron chi connectivity index (χ1n) is 19.9. The van der Waals surface area contributed by atoms with Crippen LogP contribution in [0.5, 0.6) is 5.75 Å². The Labute approximate surface area is 327 Å². The highest BCUT2D eigenvalue weighted by molar-refractivity contribution is 6.09. The quantitative estimate of drug-likeness (QED) is 0.164. The Kier molecular flexibility index (Phi) is 10.0. The number of ether oxygens (including phenoxy) is 1. The third kappa shape index (κ3) is 8.04. The third-order valence-electron chi connectivity index (χ3n) is 11.7. The van der Waals surface area contributed by atoms with Crippen molar-refractivity contribution >= 4 is 51.6 Å². The van der Waals surface area contributed by atoms with Gasteiger partial charge >= 0.3 is 0 Å². The number of anilines is 2. The highest BCUT2D eigenvalue weighted by atomic mass is 19.1. The molecule has 2 aromatic carbocycles. The Balaban J connectivity index is 0.780. The standard InChI is InChI=1S/C41H45FN10O5/c42-32-19-29(4-5-30(32)39(54)45-33-6-7-37(53)47-41(33)56)50-16-8-25(9-17-50)22-49-14-10-28(11-15-49)52-23-27-18-35(36(20-34(27)48-52)57-24-26-2-3-26)46-40(55)31-21-44-51-13-1-12-43-38(31)51/h1,4-5,12-13,18-21,23,25-26,28,33H,2-3,6-11,14-17,22,24H2,(H,45,54)(H,46,55)(H,47,53,56). The van der Waals surface area contributed by atoms with Crippen LogP contribution in [0.1, 0.15) is 78.1 Å². The lowest BCUT2D eigenvalue weighted by Gasteiger charge is -2.38. The molecule has 0 spiro atoms. The molecule has 1 saturated carbocycles. The molecule has 9 rings (SSSR count). The first kappa shape index (κ1) is 36.7. The highest BCUT2D eigenvalue weighted by Crippen LogP contribution is 2.36. The maximum Gasteiger partial charge on any atom is 0.261 e. The molecule has 16 heteroatoms. The molecule has 6 heterocycles. The molecule has 296 valence electrons. The van der Waals surface area contributed by atoms with Gasteiger partial charge in [0.2, 0.25) is 11.8 Å². The SMILES string of the molecule is O=C1CCC(NC(=O)c2ccc(N3CCC(CN4CCC(n5cc6cc(NC(=O)c7cnn8cccnc78)c(OCC7CC7)cc6n5)CC4)CC3)cc2F)C(=O)N1. The summed E-state index contributed by atoms with van der Waals surface area (Å²) >= 11 is 0. The van der Waals surface area contributed by atoms with Crippen LogP contribution in [0.15, 0.2) is 61.2 Å². The predicted octanol–water partition coefficient (Wildman–Crippen LogP) is 4.35. The summed E-state index contributed by atoms with van der Waals surface area (Å²) in [6, 6.07) is 9.66. The third-order valence-corrected chi connectivity index (χ3v) is 11.7. The largest absolute Gasteiger partial charge is 0.491 e. The fraction of sp³-hybridized carbons (Fsp3) is 0.439. The number of imide groups is 1. The summed E-state index contributed by atoms with van der Waals surface area (Å²) in [7, 11) is 0. The number of nitrogens with zero attached hydrogens (tertiary/aromatic N) is 7. The Hall–Kier alpha value is -5.90. The van der Waals surface area contributed by atoms with E-state index in [4.69, 9.17) is 9.84 Å². The van der Waals surface area contributed by atoms with Crippen molar-refractivity contribution in [1.82, 2.24) is 39.9 Å². The van der Waals surface area contributed by atoms with Gasteiger partial charge in [0, 0.05) is 74.9 Å². The molecule has 1 aliphatic carbocycles. The topological polar surface area (TPSA) is 168 Å². The van der Waals surface area contributed by atoms with Gasteiger partial charge in [-0.3, -0.25) is 29.2 Å². The van der Waals surface area contributed by atoms with E-state index in [1.54, 1.807) is 29.0 Å². The van der Waals surface area contributed by atoms with Crippen molar-refractivity contribution < 1.29 is 28.3 Å². The zero-order valence-electron chi connectivity index (χ0n) is 31.5. The van der Waals surface area contributed by atoms with Crippen molar-refractivity contribution in [1.29, 1.82) is 0 Å². The van der Waals surface area contributed by atoms with Crippen molar-refractivity contribution in [3.8, 4) is 5.75 Å². The minimum absolute atomic E-state index is 0.126. The van der Waals surface area contributed by atoms with Crippen LogP contribution >= 0.6 is 0 Å². The highest BCUT2D eigenvalue weighted by Gasteiger charge is 2.30. The number of piperidine rings is 3. The van der Waals surface area contributed by atoms with E-state index < -0.39 is 23.7 Å². The smallest absolute Gasteiger partial charge is 0.261 e. The number of fused-ring (bicyclic) bond motifs is 2. The summed E-state index contributed by atoms with van der Waals surface area (Å²) in [6.45, 7) is 5.16. The van der Waals surface area contributed by atoms with E-state index in [-0.39, 0.29) is 36.3 Å². The maximum atomic E-state index is 15.1. The Morgan fingerprint density at radius 3 is 2.53 bits per heavy atom. The second kappa shape index (κ2) is 15.6. The molecule has 1 atom stereocenters. The Morgan fingerprint density at radius 2 is 1.75 bits per heavy atom. The van der Waals surface area contributed by atoms with Gasteiger partial charge in [0.1, 0.15) is 23.2 Å². The molecule has 0 bridgehead atoms. The summed E-state index contributed by atoms with van der Waals surface area (Å²) in [5.74, 6) is -0.878. The van der Waals surface area contributed by atoms with Gasteiger partial charge in [0.25, 0.3) is 11.8 Å². The van der Waals surface area contributed by atoms with Gasteiger partial charge in [-0.2, -0.15) is 10.2 Å². The summed E-state index contributed by atoms with van der Waals surface area (Å²) in [6.07, 6.45) is 13.6. The summed E-state index contributed by atoms with van der Waals surface area (Å²) in [5.41, 5.74) is 2.90. The van der Waals surface area contributed by atoms with Gasteiger partial charge in [0.05, 0.1) is 35.6 Å². The molecular weight excluding hydrogens is 732 g/mol. The number of hydrogen-bond acceptors (Lipinski definition) is 10. The molecule has 4 amide bonds. The van der Waals surface area contributed by atoms with Crippen LogP contribution in [0, 0.1) is 17.7 Å². The van der Waals surface area contributed by atoms with E-state index in [0.717, 1.165) is 87.8 Å². The van der Waals surface area contributed by atoms with Gasteiger partial charge in [-0.05, 0) is 87.1 Å². The number of likely N-dealkylation sites (tertiary alicyclic amines) is 1. The van der Waals surface area contributed by atoms with Gasteiger partial charge in [-0.25, -0.2) is 13.9 Å². The van der Waals surface area contributed by atoms with E-state index in [2.05, 4.69) is 46.7 Å². The first-order valence-corrected chi connectivity index (χ1v) is 19.9. The van der Waals surface area contributed by atoms with Crippen LogP contribution in [0.25, 0.3) is 16.6 Å². The monoisotopic (exact) mass is 776 g/mol. The molecule has 4 fully saturated rings. The van der Waals surface area contributed by atoms with Gasteiger partial charge < -0.3 is 25.2 Å². The minimum Gasteiger partial charge on any atom is -0.491 e. The van der Waals surface area contributed by atoms with Gasteiger partial charge in [-0.1, -0.05) is 0 Å². The van der Waals surface area contributed by atoms with Crippen LogP contribution in [0.2, 0.25) is 0 Å². The van der Waals surface area contributed by atoms with E-state index in [1.165, 1.54) is 18.3 Å². The predicted molar refractivity (Wildman–Crippen MR) is 209 cm³/mol. The lowest BCUT2D eigenvalue weighted by Crippen LogP contribution is -2.52. The molecule has 5 aromatic rings. The molecule has 1 unspecified atom stereocenters. The Morgan fingerprint density at radius 1 is 0.930 bits per heavy atom. The fourth-order valence-corrected chi connectivity index (χ4v) is 8.20. The zero-order valence-corrected chi connectivity index (χ0v) is 31.5. The normalized spacial score (nSPS) is 19.9. The van der Waals surface area contributed by atoms with Crippen LogP contribution < -0.4 is 25.6 Å². The molecule has 3 aromatic heterocycles. The number of carbonyl (C=O) groups excluding carboxylic acids is 4. The van der Waals surface area contributed by atoms with Gasteiger partial charge in [-0.15, -0.1) is 0 Å². The van der Waals surface area contributed by atoms with Crippen molar-refractivity contribution in [2.24, 2.45) is 11.8 Å². The average molecular weight is 777 g/mol. The molecular formula is C41H45FN10O5. The number of aromatic nitrogens is 5. The second-order valence-corrected chi connectivity index (χ2v) is 15.8. The van der Waals surface area contributed by atoms with E-state index >= 15 is 4.39 Å². The summed E-state index contributed by atoms with van der Waals surface area (Å²) in [4.78, 5) is 58.6. The van der Waals surface area contributed by atoms with E-state index in [1.807, 2.05) is 12.1 Å². The lowest BCUT2D eigenvalue weighted by molar-refractivity contribution is -0.134. The van der Waals surface area contributed by atoms with Crippen molar-refractivity contribution in [2.45, 2.75) is 63.5 Å². The number of halogens is 1. The van der Waals surface area contributed by atoms with Gasteiger partial charge in [0.15, 0.2) is 5.65 Å². The zero-order chi connectivity index (χ0) is 39.0. The van der Waals surface area contributed by atoms with Crippen molar-refractivity contribution in [3.05, 3.63) is 78.1 Å². The lowest BCUT2D eigenvalue weighted by atomic mass is 9.94. The number of carbonyl (C=O) groups is 4. The average Bonchev–Trinajstić information content (AvgIpc) is 3.80. The minimum atomic E-state index is -0.861. The number of nitrogens with one attached hydrogen (secondary N) is 3. The molecule has 15 nitrogen and oxygen atoms in total. The molecule has 4 aliphatic rings. The van der Waals surface area contributed by atoms with Crippen LogP contribution in [0.4, 0.5) is 15.8 Å². The van der Waals surface area contributed by atoms with Crippen molar-refractivity contribution in [3.63, 3.8) is 0 Å². The number of benzene rings is 2. The van der Waals surface area contributed by atoms with Crippen molar-refractivity contribution in [2.75, 3.05) is 49.5 Å². The molecule has 0 radical (unpaired) electrons. The maximum absolute atomic E-state index is 15.1. The number of hydrogen-bond donors (Lipinski definition) is 3. The first-order chi connectivity index (χ1) is 27.7. The second-order valence-electron chi connectivity index (χ2n) is 15.8. The molecule has 57 heavy (non-hydrogen) atoms. The molecule has 3 N–H and O–H groups in total.